The average Bonchev–Trinajstić information content (AvgIpc) is 3.11. The molecular weight excluding hydrogens is 432 g/mol. The SMILES string of the molecule is Cc1ccc([C@@H](C)NS(=O)(=O)c2nnc(NC(=O)c3ccccc3Cl)s2)c(C)c1. The van der Waals surface area contributed by atoms with E-state index in [9.17, 15) is 13.2 Å². The summed E-state index contributed by atoms with van der Waals surface area (Å²) in [6.45, 7) is 5.67. The highest BCUT2D eigenvalue weighted by molar-refractivity contribution is 7.91. The molecule has 0 spiro atoms. The van der Waals surface area contributed by atoms with Crippen molar-refractivity contribution in [3.05, 3.63) is 69.7 Å². The number of nitrogens with one attached hydrogen (secondary N) is 2. The molecule has 0 aliphatic heterocycles. The summed E-state index contributed by atoms with van der Waals surface area (Å²) in [5.74, 6) is -0.493. The first-order chi connectivity index (χ1) is 13.7. The van der Waals surface area contributed by atoms with Crippen LogP contribution >= 0.6 is 22.9 Å². The van der Waals surface area contributed by atoms with E-state index in [2.05, 4.69) is 20.2 Å². The summed E-state index contributed by atoms with van der Waals surface area (Å²) in [5, 5.41) is 10.3. The summed E-state index contributed by atoms with van der Waals surface area (Å²) in [7, 11) is -3.90. The molecule has 152 valence electrons. The Morgan fingerprint density at radius 3 is 2.55 bits per heavy atom. The zero-order valence-corrected chi connectivity index (χ0v) is 18.3. The van der Waals surface area contributed by atoms with Gasteiger partial charge in [-0.05, 0) is 44.0 Å². The van der Waals surface area contributed by atoms with Gasteiger partial charge in [0.05, 0.1) is 10.6 Å². The Morgan fingerprint density at radius 1 is 1.14 bits per heavy atom. The van der Waals surface area contributed by atoms with Crippen LogP contribution in [-0.4, -0.2) is 24.5 Å². The number of benzene rings is 2. The van der Waals surface area contributed by atoms with Gasteiger partial charge in [-0.2, -0.15) is 0 Å². The van der Waals surface area contributed by atoms with E-state index in [1.165, 1.54) is 0 Å². The van der Waals surface area contributed by atoms with E-state index in [4.69, 9.17) is 11.6 Å². The predicted molar refractivity (Wildman–Crippen MR) is 114 cm³/mol. The molecule has 7 nitrogen and oxygen atoms in total. The maximum Gasteiger partial charge on any atom is 0.270 e. The normalized spacial score (nSPS) is 12.6. The summed E-state index contributed by atoms with van der Waals surface area (Å²) < 4.78 is 27.7. The fraction of sp³-hybridized carbons (Fsp3) is 0.211. The number of halogens is 1. The molecule has 1 aromatic heterocycles. The van der Waals surface area contributed by atoms with Gasteiger partial charge in [0.25, 0.3) is 15.9 Å². The topological polar surface area (TPSA) is 101 Å². The van der Waals surface area contributed by atoms with Gasteiger partial charge in [-0.15, -0.1) is 10.2 Å². The third-order valence-corrected chi connectivity index (χ3v) is 7.28. The quantitative estimate of drug-likeness (QED) is 0.550. The Hall–Kier alpha value is -2.33. The molecule has 10 heteroatoms. The molecule has 0 aliphatic carbocycles. The van der Waals surface area contributed by atoms with Crippen molar-refractivity contribution in [3.8, 4) is 0 Å². The van der Waals surface area contributed by atoms with Gasteiger partial charge in [0, 0.05) is 6.04 Å². The fourth-order valence-corrected chi connectivity index (χ4v) is 5.19. The van der Waals surface area contributed by atoms with E-state index < -0.39 is 22.0 Å². The van der Waals surface area contributed by atoms with Crippen LogP contribution in [-0.2, 0) is 10.0 Å². The van der Waals surface area contributed by atoms with Crippen LogP contribution in [0.2, 0.25) is 5.02 Å². The molecule has 0 saturated heterocycles. The molecule has 0 unspecified atom stereocenters. The number of carbonyl (C=O) groups is 1. The van der Waals surface area contributed by atoms with E-state index in [0.29, 0.717) is 0 Å². The zero-order valence-electron chi connectivity index (χ0n) is 15.9. The van der Waals surface area contributed by atoms with E-state index in [1.54, 1.807) is 31.2 Å². The molecule has 3 aromatic rings. The Balaban J connectivity index is 1.74. The summed E-state index contributed by atoms with van der Waals surface area (Å²) in [5.41, 5.74) is 3.22. The fourth-order valence-electron chi connectivity index (χ4n) is 2.84. The summed E-state index contributed by atoms with van der Waals surface area (Å²) in [4.78, 5) is 12.3. The maximum atomic E-state index is 12.7. The number of carbonyl (C=O) groups excluding carboxylic acids is 1. The third kappa shape index (κ3) is 4.99. The van der Waals surface area contributed by atoms with Crippen LogP contribution in [0.5, 0.6) is 0 Å². The first kappa shape index (κ1) is 21.4. The third-order valence-electron chi connectivity index (χ3n) is 4.20. The van der Waals surface area contributed by atoms with Gasteiger partial charge in [-0.25, -0.2) is 13.1 Å². The number of hydrogen-bond acceptors (Lipinski definition) is 6. The summed E-state index contributed by atoms with van der Waals surface area (Å²) >= 11 is 6.77. The van der Waals surface area contributed by atoms with Crippen LogP contribution in [0.25, 0.3) is 0 Å². The molecular formula is C19H19ClN4O3S2. The minimum atomic E-state index is -3.90. The first-order valence-corrected chi connectivity index (χ1v) is 11.3. The molecule has 29 heavy (non-hydrogen) atoms. The minimum absolute atomic E-state index is 0.0643. The number of amides is 1. The predicted octanol–water partition coefficient (Wildman–Crippen LogP) is 4.10. The minimum Gasteiger partial charge on any atom is -0.296 e. The smallest absolute Gasteiger partial charge is 0.270 e. The lowest BCUT2D eigenvalue weighted by Gasteiger charge is -2.16. The van der Waals surface area contributed by atoms with Crippen LogP contribution in [0.3, 0.4) is 0 Å². The number of hydrogen-bond donors (Lipinski definition) is 2. The van der Waals surface area contributed by atoms with Crippen molar-refractivity contribution in [3.63, 3.8) is 0 Å². The van der Waals surface area contributed by atoms with Crippen molar-refractivity contribution in [2.24, 2.45) is 0 Å². The van der Waals surface area contributed by atoms with Gasteiger partial charge in [-0.3, -0.25) is 10.1 Å². The van der Waals surface area contributed by atoms with Crippen molar-refractivity contribution >= 4 is 44.0 Å². The van der Waals surface area contributed by atoms with Crippen LogP contribution in [0.15, 0.2) is 46.8 Å². The van der Waals surface area contributed by atoms with Crippen molar-refractivity contribution in [2.75, 3.05) is 5.32 Å². The van der Waals surface area contributed by atoms with Gasteiger partial charge < -0.3 is 0 Å². The summed E-state index contributed by atoms with van der Waals surface area (Å²) in [6, 6.07) is 11.9. The molecule has 2 aromatic carbocycles. The monoisotopic (exact) mass is 450 g/mol. The van der Waals surface area contributed by atoms with Gasteiger partial charge in [0.15, 0.2) is 0 Å². The van der Waals surface area contributed by atoms with Gasteiger partial charge in [0.2, 0.25) is 9.47 Å². The van der Waals surface area contributed by atoms with Crippen molar-refractivity contribution in [2.45, 2.75) is 31.2 Å². The molecule has 1 amide bonds. The Bertz CT molecular complexity index is 1160. The van der Waals surface area contributed by atoms with Crippen LogP contribution in [0, 0.1) is 13.8 Å². The van der Waals surface area contributed by atoms with Crippen LogP contribution < -0.4 is 10.0 Å². The zero-order chi connectivity index (χ0) is 21.2. The Morgan fingerprint density at radius 2 is 1.86 bits per heavy atom. The maximum absolute atomic E-state index is 12.7. The van der Waals surface area contributed by atoms with Crippen LogP contribution in [0.1, 0.15) is 40.0 Å². The van der Waals surface area contributed by atoms with E-state index in [-0.39, 0.29) is 20.1 Å². The second-order valence-electron chi connectivity index (χ2n) is 6.51. The van der Waals surface area contributed by atoms with E-state index in [0.717, 1.165) is 28.0 Å². The van der Waals surface area contributed by atoms with E-state index >= 15 is 0 Å². The van der Waals surface area contributed by atoms with Crippen molar-refractivity contribution in [1.29, 1.82) is 0 Å². The Kier molecular flexibility index (Phi) is 6.33. The number of anilines is 1. The lowest BCUT2D eigenvalue weighted by molar-refractivity contribution is 0.102. The molecule has 1 heterocycles. The second kappa shape index (κ2) is 8.58. The molecule has 0 radical (unpaired) electrons. The number of sulfonamides is 1. The second-order valence-corrected chi connectivity index (χ2v) is 9.78. The first-order valence-electron chi connectivity index (χ1n) is 8.66. The van der Waals surface area contributed by atoms with Gasteiger partial charge >= 0.3 is 0 Å². The number of aryl methyl sites for hydroxylation is 2. The van der Waals surface area contributed by atoms with Crippen molar-refractivity contribution < 1.29 is 13.2 Å². The van der Waals surface area contributed by atoms with Crippen molar-refractivity contribution in [1.82, 2.24) is 14.9 Å². The number of aromatic nitrogens is 2. The molecule has 1 atom stereocenters. The lowest BCUT2D eigenvalue weighted by atomic mass is 10.0. The largest absolute Gasteiger partial charge is 0.296 e. The molecule has 0 aliphatic rings. The summed E-state index contributed by atoms with van der Waals surface area (Å²) in [6.07, 6.45) is 0. The molecule has 0 bridgehead atoms. The molecule has 0 fully saturated rings. The highest BCUT2D eigenvalue weighted by atomic mass is 35.5. The standard InChI is InChI=1S/C19H19ClN4O3S2/c1-11-8-9-14(12(2)10-11)13(3)24-29(26,27)19-23-22-18(28-19)21-17(25)15-6-4-5-7-16(15)20/h4-10,13,24H,1-3H3,(H,21,22,25)/t13-/m1/s1. The van der Waals surface area contributed by atoms with Gasteiger partial charge in [0.1, 0.15) is 0 Å². The number of rotatable bonds is 6. The lowest BCUT2D eigenvalue weighted by Crippen LogP contribution is -2.27. The van der Waals surface area contributed by atoms with Crippen LogP contribution in [0.4, 0.5) is 5.13 Å². The molecule has 2 N–H and O–H groups in total. The average molecular weight is 451 g/mol. The van der Waals surface area contributed by atoms with Gasteiger partial charge in [-0.1, -0.05) is 58.8 Å². The Labute approximate surface area is 178 Å². The highest BCUT2D eigenvalue weighted by Gasteiger charge is 2.24. The highest BCUT2D eigenvalue weighted by Crippen LogP contribution is 2.25. The molecule has 3 rings (SSSR count). The molecule has 0 saturated carbocycles. The number of nitrogens with zero attached hydrogens (tertiary/aromatic N) is 2. The van der Waals surface area contributed by atoms with E-state index in [1.807, 2.05) is 32.0 Å².